The number of hydrogen-bond donors (Lipinski definition) is 1. The van der Waals surface area contributed by atoms with E-state index in [9.17, 15) is 9.90 Å². The van der Waals surface area contributed by atoms with Crippen molar-refractivity contribution < 1.29 is 19.4 Å². The number of ether oxygens (including phenoxy) is 2. The molecule has 6 nitrogen and oxygen atoms in total. The van der Waals surface area contributed by atoms with Crippen LogP contribution in [0.1, 0.15) is 79.8 Å². The fraction of sp³-hybridized carbons (Fsp3) is 0.323. The number of carbonyl (C=O) groups is 1. The van der Waals surface area contributed by atoms with E-state index in [1.807, 2.05) is 6.07 Å². The molecule has 6 heteroatoms. The van der Waals surface area contributed by atoms with Crippen LogP contribution in [-0.4, -0.2) is 30.1 Å². The second-order valence-electron chi connectivity index (χ2n) is 8.85. The van der Waals surface area contributed by atoms with E-state index in [-0.39, 0.29) is 5.75 Å². The Morgan fingerprint density at radius 3 is 2.08 bits per heavy atom. The molecule has 0 amide bonds. The second-order valence-corrected chi connectivity index (χ2v) is 8.85. The summed E-state index contributed by atoms with van der Waals surface area (Å²) in [5.41, 5.74) is 1.85. The Labute approximate surface area is 219 Å². The molecule has 0 aliphatic carbocycles. The Bertz CT molecular complexity index is 1140. The van der Waals surface area contributed by atoms with Gasteiger partial charge >= 0.3 is 5.97 Å². The summed E-state index contributed by atoms with van der Waals surface area (Å²) in [5.74, 6) is 0.917. The van der Waals surface area contributed by atoms with Gasteiger partial charge in [-0.2, -0.15) is 10.2 Å². The van der Waals surface area contributed by atoms with E-state index in [0.29, 0.717) is 23.5 Å². The van der Waals surface area contributed by atoms with Crippen LogP contribution in [0, 0.1) is 0 Å². The van der Waals surface area contributed by atoms with Crippen LogP contribution < -0.4 is 9.47 Å². The maximum atomic E-state index is 12.5. The molecule has 0 radical (unpaired) electrons. The number of rotatable bonds is 15. The van der Waals surface area contributed by atoms with Crippen molar-refractivity contribution >= 4 is 18.4 Å². The standard InChI is InChI=1S/C31H36N2O4/c1-2-3-4-5-6-7-8-11-22-36-28-20-16-26(17-21-28)31(35)37-29-18-14-25(15-19-29)23-32-33-24-27-12-9-10-13-30(27)34/h9-10,12-21,23-24,34H,2-8,11,22H2,1H3/b32-23+,33-24+. The summed E-state index contributed by atoms with van der Waals surface area (Å²) in [6.45, 7) is 2.93. The van der Waals surface area contributed by atoms with Gasteiger partial charge in [0.05, 0.1) is 24.6 Å². The van der Waals surface area contributed by atoms with Crippen LogP contribution in [-0.2, 0) is 0 Å². The normalized spacial score (nSPS) is 11.3. The lowest BCUT2D eigenvalue weighted by Crippen LogP contribution is -2.08. The maximum Gasteiger partial charge on any atom is 0.343 e. The van der Waals surface area contributed by atoms with Gasteiger partial charge in [-0.1, -0.05) is 64.0 Å². The van der Waals surface area contributed by atoms with Crippen LogP contribution in [0.25, 0.3) is 0 Å². The van der Waals surface area contributed by atoms with E-state index in [1.165, 1.54) is 51.2 Å². The van der Waals surface area contributed by atoms with E-state index in [1.54, 1.807) is 72.9 Å². The maximum absolute atomic E-state index is 12.5. The average Bonchev–Trinajstić information content (AvgIpc) is 2.92. The number of unbranched alkanes of at least 4 members (excludes halogenated alkanes) is 7. The van der Waals surface area contributed by atoms with Crippen molar-refractivity contribution in [1.29, 1.82) is 0 Å². The highest BCUT2D eigenvalue weighted by Gasteiger charge is 2.09. The molecule has 0 bridgehead atoms. The molecular weight excluding hydrogens is 464 g/mol. The van der Waals surface area contributed by atoms with Gasteiger partial charge in [0.2, 0.25) is 0 Å². The van der Waals surface area contributed by atoms with Crippen molar-refractivity contribution in [1.82, 2.24) is 0 Å². The van der Waals surface area contributed by atoms with Gasteiger partial charge in [0, 0.05) is 5.56 Å². The molecule has 0 aromatic heterocycles. The van der Waals surface area contributed by atoms with E-state index in [0.717, 1.165) is 17.7 Å². The quantitative estimate of drug-likeness (QED) is 0.0766. The highest BCUT2D eigenvalue weighted by atomic mass is 16.5. The summed E-state index contributed by atoms with van der Waals surface area (Å²) in [6.07, 6.45) is 13.2. The lowest BCUT2D eigenvalue weighted by molar-refractivity contribution is 0.0734. The van der Waals surface area contributed by atoms with Crippen molar-refractivity contribution in [3.63, 3.8) is 0 Å². The minimum Gasteiger partial charge on any atom is -0.507 e. The zero-order chi connectivity index (χ0) is 26.1. The fourth-order valence-electron chi connectivity index (χ4n) is 3.69. The van der Waals surface area contributed by atoms with Crippen molar-refractivity contribution in [2.75, 3.05) is 6.61 Å². The van der Waals surface area contributed by atoms with Crippen LogP contribution in [0.2, 0.25) is 0 Å². The molecule has 0 spiro atoms. The first kappa shape index (κ1) is 27.7. The Hall–Kier alpha value is -3.93. The molecule has 0 saturated carbocycles. The van der Waals surface area contributed by atoms with Crippen molar-refractivity contribution in [3.8, 4) is 17.2 Å². The number of phenols is 1. The summed E-state index contributed by atoms with van der Waals surface area (Å²) in [6, 6.07) is 20.9. The Morgan fingerprint density at radius 2 is 1.38 bits per heavy atom. The summed E-state index contributed by atoms with van der Waals surface area (Å²) >= 11 is 0. The minimum absolute atomic E-state index is 0.147. The summed E-state index contributed by atoms with van der Waals surface area (Å²) in [7, 11) is 0. The van der Waals surface area contributed by atoms with Crippen LogP contribution >= 0.6 is 0 Å². The first-order valence-corrected chi connectivity index (χ1v) is 13.0. The van der Waals surface area contributed by atoms with Gasteiger partial charge in [0.1, 0.15) is 17.2 Å². The third-order valence-electron chi connectivity index (χ3n) is 5.85. The van der Waals surface area contributed by atoms with Crippen molar-refractivity contribution in [2.45, 2.75) is 58.3 Å². The Morgan fingerprint density at radius 1 is 0.757 bits per heavy atom. The minimum atomic E-state index is -0.427. The topological polar surface area (TPSA) is 80.5 Å². The zero-order valence-electron chi connectivity index (χ0n) is 21.5. The first-order valence-electron chi connectivity index (χ1n) is 13.0. The van der Waals surface area contributed by atoms with E-state index < -0.39 is 5.97 Å². The average molecular weight is 501 g/mol. The Kier molecular flexibility index (Phi) is 11.9. The number of esters is 1. The highest BCUT2D eigenvalue weighted by molar-refractivity contribution is 5.91. The smallest absolute Gasteiger partial charge is 0.343 e. The molecule has 0 fully saturated rings. The molecule has 1 N–H and O–H groups in total. The van der Waals surface area contributed by atoms with Crippen LogP contribution in [0.3, 0.4) is 0 Å². The SMILES string of the molecule is CCCCCCCCCCOc1ccc(C(=O)Oc2ccc(/C=N/N=C/c3ccccc3O)cc2)cc1. The summed E-state index contributed by atoms with van der Waals surface area (Å²) in [4.78, 5) is 12.5. The molecule has 0 aliphatic rings. The Balaban J connectivity index is 1.38. The van der Waals surface area contributed by atoms with Crippen LogP contribution in [0.15, 0.2) is 83.0 Å². The molecule has 0 atom stereocenters. The largest absolute Gasteiger partial charge is 0.507 e. The number of aromatic hydroxyl groups is 1. The number of phenolic OH excluding ortho intramolecular Hbond substituents is 1. The molecule has 3 aromatic rings. The van der Waals surface area contributed by atoms with Gasteiger partial charge in [-0.3, -0.25) is 0 Å². The van der Waals surface area contributed by atoms with Crippen LogP contribution in [0.5, 0.6) is 17.2 Å². The lowest BCUT2D eigenvalue weighted by Gasteiger charge is -2.08. The second kappa shape index (κ2) is 15.9. The molecule has 37 heavy (non-hydrogen) atoms. The van der Waals surface area contributed by atoms with E-state index in [2.05, 4.69) is 17.1 Å². The van der Waals surface area contributed by atoms with Gasteiger partial charge in [0.15, 0.2) is 0 Å². The molecule has 3 rings (SSSR count). The monoisotopic (exact) mass is 500 g/mol. The van der Waals surface area contributed by atoms with Gasteiger partial charge in [0.25, 0.3) is 0 Å². The number of para-hydroxylation sites is 1. The van der Waals surface area contributed by atoms with Crippen molar-refractivity contribution in [2.24, 2.45) is 10.2 Å². The number of hydrogen-bond acceptors (Lipinski definition) is 6. The van der Waals surface area contributed by atoms with Gasteiger partial charge in [-0.15, -0.1) is 0 Å². The summed E-state index contributed by atoms with van der Waals surface area (Å²) in [5, 5.41) is 17.7. The fourth-order valence-corrected chi connectivity index (χ4v) is 3.69. The first-order chi connectivity index (χ1) is 18.2. The van der Waals surface area contributed by atoms with E-state index in [4.69, 9.17) is 9.47 Å². The van der Waals surface area contributed by atoms with Crippen LogP contribution in [0.4, 0.5) is 0 Å². The third-order valence-corrected chi connectivity index (χ3v) is 5.85. The zero-order valence-corrected chi connectivity index (χ0v) is 21.5. The predicted octanol–water partition coefficient (Wildman–Crippen LogP) is 7.58. The molecule has 0 aliphatic heterocycles. The highest BCUT2D eigenvalue weighted by Crippen LogP contribution is 2.17. The summed E-state index contributed by atoms with van der Waals surface area (Å²) < 4.78 is 11.3. The van der Waals surface area contributed by atoms with Gasteiger partial charge in [-0.05, 0) is 72.6 Å². The molecular formula is C31H36N2O4. The molecule has 0 unspecified atom stereocenters. The molecule has 194 valence electrons. The van der Waals surface area contributed by atoms with Crippen molar-refractivity contribution in [3.05, 3.63) is 89.5 Å². The number of nitrogens with zero attached hydrogens (tertiary/aromatic N) is 2. The molecule has 0 saturated heterocycles. The predicted molar refractivity (Wildman–Crippen MR) is 149 cm³/mol. The van der Waals surface area contributed by atoms with E-state index >= 15 is 0 Å². The number of carbonyl (C=O) groups excluding carboxylic acids is 1. The molecule has 3 aromatic carbocycles. The third kappa shape index (κ3) is 10.3. The lowest BCUT2D eigenvalue weighted by atomic mass is 10.1. The molecule has 0 heterocycles. The number of benzene rings is 3. The van der Waals surface area contributed by atoms with Gasteiger partial charge in [-0.25, -0.2) is 4.79 Å². The van der Waals surface area contributed by atoms with Gasteiger partial charge < -0.3 is 14.6 Å².